The van der Waals surface area contributed by atoms with Gasteiger partial charge in [-0.2, -0.15) is 0 Å². The molecule has 1 aromatic carbocycles. The van der Waals surface area contributed by atoms with Crippen molar-refractivity contribution in [1.82, 2.24) is 20.2 Å². The molecular weight excluding hydrogens is 398 g/mol. The van der Waals surface area contributed by atoms with Crippen LogP contribution in [-0.4, -0.2) is 33.9 Å². The van der Waals surface area contributed by atoms with Gasteiger partial charge in [0.25, 0.3) is 5.91 Å². The highest BCUT2D eigenvalue weighted by molar-refractivity contribution is 5.92. The number of hydrogen-bond acceptors (Lipinski definition) is 4. The van der Waals surface area contributed by atoms with Gasteiger partial charge in [0.1, 0.15) is 5.69 Å². The van der Waals surface area contributed by atoms with Gasteiger partial charge in [0, 0.05) is 31.0 Å². The zero-order chi connectivity index (χ0) is 21.6. The van der Waals surface area contributed by atoms with Crippen molar-refractivity contribution in [3.63, 3.8) is 0 Å². The molecule has 3 heterocycles. The van der Waals surface area contributed by atoms with Crippen LogP contribution in [0.3, 0.4) is 0 Å². The molecule has 0 unspecified atom stereocenters. The summed E-state index contributed by atoms with van der Waals surface area (Å²) >= 11 is 0. The Morgan fingerprint density at radius 3 is 2.61 bits per heavy atom. The van der Waals surface area contributed by atoms with Gasteiger partial charge in [-0.25, -0.2) is 8.78 Å². The first-order valence-electron chi connectivity index (χ1n) is 10.4. The lowest BCUT2D eigenvalue weighted by molar-refractivity contribution is 0.0869. The standard InChI is InChI=1S/C24H24F2N4O/c25-19-9-5-7-17(22(19)26)15-30-14-6-8-18(16-30)23(20-10-1-3-12-27-20)29-24(31)21-11-2-4-13-28-21/h1-5,7,9-13,18,23H,6,8,14-16H2,(H,29,31)/t18-,23-/m1/s1. The molecule has 1 aliphatic heterocycles. The van der Waals surface area contributed by atoms with Crippen molar-refractivity contribution in [2.24, 2.45) is 5.92 Å². The number of nitrogens with one attached hydrogen (secondary N) is 1. The van der Waals surface area contributed by atoms with Gasteiger partial charge in [-0.15, -0.1) is 0 Å². The molecular formula is C24H24F2N4O. The molecule has 1 saturated heterocycles. The van der Waals surface area contributed by atoms with Gasteiger partial charge in [0.15, 0.2) is 11.6 Å². The number of carbonyl (C=O) groups excluding carboxylic acids is 1. The molecule has 0 saturated carbocycles. The average molecular weight is 422 g/mol. The SMILES string of the molecule is O=C(N[C@@H](c1ccccn1)[C@@H]1CCCN(Cc2cccc(F)c2F)C1)c1ccccn1. The number of halogens is 2. The Morgan fingerprint density at radius 1 is 1.06 bits per heavy atom. The maximum Gasteiger partial charge on any atom is 0.270 e. The fraction of sp³-hybridized carbons (Fsp3) is 0.292. The lowest BCUT2D eigenvalue weighted by atomic mass is 9.88. The van der Waals surface area contributed by atoms with Crippen molar-refractivity contribution < 1.29 is 13.6 Å². The first-order valence-corrected chi connectivity index (χ1v) is 10.4. The van der Waals surface area contributed by atoms with Crippen molar-refractivity contribution in [3.8, 4) is 0 Å². The molecule has 2 atom stereocenters. The maximum absolute atomic E-state index is 14.2. The molecule has 3 aromatic rings. The topological polar surface area (TPSA) is 58.1 Å². The van der Waals surface area contributed by atoms with Gasteiger partial charge < -0.3 is 5.32 Å². The van der Waals surface area contributed by atoms with E-state index in [0.29, 0.717) is 24.3 Å². The third kappa shape index (κ3) is 5.11. The van der Waals surface area contributed by atoms with Gasteiger partial charge >= 0.3 is 0 Å². The molecule has 0 aliphatic carbocycles. The monoisotopic (exact) mass is 422 g/mol. The van der Waals surface area contributed by atoms with Gasteiger partial charge in [-0.05, 0) is 55.6 Å². The fourth-order valence-electron chi connectivity index (χ4n) is 4.12. The molecule has 5 nitrogen and oxygen atoms in total. The Morgan fingerprint density at radius 2 is 1.87 bits per heavy atom. The third-order valence-electron chi connectivity index (χ3n) is 5.63. The van der Waals surface area contributed by atoms with E-state index in [9.17, 15) is 13.6 Å². The summed E-state index contributed by atoms with van der Waals surface area (Å²) in [4.78, 5) is 23.5. The maximum atomic E-state index is 14.2. The second-order valence-corrected chi connectivity index (χ2v) is 7.77. The van der Waals surface area contributed by atoms with E-state index in [4.69, 9.17) is 0 Å². The number of likely N-dealkylation sites (tertiary alicyclic amines) is 1. The molecule has 0 radical (unpaired) electrons. The molecule has 31 heavy (non-hydrogen) atoms. The molecule has 0 spiro atoms. The summed E-state index contributed by atoms with van der Waals surface area (Å²) in [6, 6.07) is 14.8. The minimum atomic E-state index is -0.833. The lowest BCUT2D eigenvalue weighted by Gasteiger charge is -2.37. The van der Waals surface area contributed by atoms with Crippen molar-refractivity contribution >= 4 is 5.91 Å². The number of pyridine rings is 2. The smallest absolute Gasteiger partial charge is 0.270 e. The molecule has 160 valence electrons. The summed E-state index contributed by atoms with van der Waals surface area (Å²) in [6.45, 7) is 1.75. The van der Waals surface area contributed by atoms with Crippen LogP contribution in [0.1, 0.15) is 40.6 Å². The summed E-state index contributed by atoms with van der Waals surface area (Å²) in [6.07, 6.45) is 5.08. The van der Waals surface area contributed by atoms with Crippen LogP contribution in [0.2, 0.25) is 0 Å². The molecule has 4 rings (SSSR count). The number of carbonyl (C=O) groups is 1. The Kier molecular flexibility index (Phi) is 6.62. The van der Waals surface area contributed by atoms with Crippen LogP contribution in [-0.2, 0) is 6.54 Å². The summed E-state index contributed by atoms with van der Waals surface area (Å²) in [7, 11) is 0. The first kappa shape index (κ1) is 21.1. The molecule has 2 aromatic heterocycles. The summed E-state index contributed by atoms with van der Waals surface area (Å²) in [5.74, 6) is -1.81. The van der Waals surface area contributed by atoms with Gasteiger partial charge in [0.2, 0.25) is 0 Å². The van der Waals surface area contributed by atoms with Gasteiger partial charge in [0.05, 0.1) is 11.7 Å². The quantitative estimate of drug-likeness (QED) is 0.649. The molecule has 1 fully saturated rings. The van der Waals surface area contributed by atoms with Crippen molar-refractivity contribution in [3.05, 3.63) is 95.6 Å². The first-order chi connectivity index (χ1) is 15.1. The Hall–Kier alpha value is -3.19. The van der Waals surface area contributed by atoms with Crippen LogP contribution < -0.4 is 5.32 Å². The number of benzene rings is 1. The predicted octanol–water partition coefficient (Wildman–Crippen LogP) is 4.14. The molecule has 1 aliphatic rings. The highest BCUT2D eigenvalue weighted by Gasteiger charge is 2.31. The zero-order valence-electron chi connectivity index (χ0n) is 17.0. The summed E-state index contributed by atoms with van der Waals surface area (Å²) in [5.41, 5.74) is 1.46. The van der Waals surface area contributed by atoms with Crippen LogP contribution in [0.25, 0.3) is 0 Å². The van der Waals surface area contributed by atoms with Crippen LogP contribution in [0.4, 0.5) is 8.78 Å². The minimum absolute atomic E-state index is 0.0768. The lowest BCUT2D eigenvalue weighted by Crippen LogP contribution is -2.43. The Balaban J connectivity index is 1.53. The number of nitrogens with zero attached hydrogens (tertiary/aromatic N) is 3. The number of rotatable bonds is 6. The predicted molar refractivity (Wildman–Crippen MR) is 113 cm³/mol. The van der Waals surface area contributed by atoms with E-state index in [2.05, 4.69) is 20.2 Å². The zero-order valence-corrected chi connectivity index (χ0v) is 17.0. The normalized spacial score (nSPS) is 17.8. The van der Waals surface area contributed by atoms with Crippen molar-refractivity contribution in [1.29, 1.82) is 0 Å². The number of hydrogen-bond donors (Lipinski definition) is 1. The number of piperidine rings is 1. The fourth-order valence-corrected chi connectivity index (χ4v) is 4.12. The van der Waals surface area contributed by atoms with Gasteiger partial charge in [-0.1, -0.05) is 24.3 Å². The van der Waals surface area contributed by atoms with Crippen LogP contribution in [0.5, 0.6) is 0 Å². The van der Waals surface area contributed by atoms with E-state index >= 15 is 0 Å². The van der Waals surface area contributed by atoms with Gasteiger partial charge in [-0.3, -0.25) is 19.7 Å². The van der Waals surface area contributed by atoms with E-state index in [0.717, 1.165) is 31.1 Å². The van der Waals surface area contributed by atoms with Crippen LogP contribution in [0, 0.1) is 17.6 Å². The van der Waals surface area contributed by atoms with E-state index in [1.54, 1.807) is 36.7 Å². The molecule has 7 heteroatoms. The summed E-state index contributed by atoms with van der Waals surface area (Å²) < 4.78 is 27.8. The Labute approximate surface area is 180 Å². The second-order valence-electron chi connectivity index (χ2n) is 7.77. The molecule has 1 N–H and O–H groups in total. The van der Waals surface area contributed by atoms with Crippen LogP contribution >= 0.6 is 0 Å². The van der Waals surface area contributed by atoms with E-state index in [-0.39, 0.29) is 17.9 Å². The largest absolute Gasteiger partial charge is 0.342 e. The second kappa shape index (κ2) is 9.75. The highest BCUT2D eigenvalue weighted by atomic mass is 19.2. The van der Waals surface area contributed by atoms with E-state index in [1.807, 2.05) is 18.2 Å². The van der Waals surface area contributed by atoms with E-state index in [1.165, 1.54) is 6.07 Å². The van der Waals surface area contributed by atoms with E-state index < -0.39 is 11.6 Å². The van der Waals surface area contributed by atoms with Crippen molar-refractivity contribution in [2.45, 2.75) is 25.4 Å². The number of aromatic nitrogens is 2. The van der Waals surface area contributed by atoms with Crippen molar-refractivity contribution in [2.75, 3.05) is 13.1 Å². The average Bonchev–Trinajstić information content (AvgIpc) is 2.81. The minimum Gasteiger partial charge on any atom is -0.342 e. The molecule has 0 bridgehead atoms. The highest BCUT2D eigenvalue weighted by Crippen LogP contribution is 2.30. The number of amides is 1. The van der Waals surface area contributed by atoms with Crippen LogP contribution in [0.15, 0.2) is 67.0 Å². The Bertz CT molecular complexity index is 1020. The summed E-state index contributed by atoms with van der Waals surface area (Å²) in [5, 5.41) is 3.10. The molecule has 1 amide bonds. The third-order valence-corrected chi connectivity index (χ3v) is 5.63.